The Bertz CT molecular complexity index is 749. The molecule has 0 aliphatic carbocycles. The highest BCUT2D eigenvalue weighted by molar-refractivity contribution is 9.10. The quantitative estimate of drug-likeness (QED) is 0.850. The number of nitrogens with one attached hydrogen (secondary N) is 1. The summed E-state index contributed by atoms with van der Waals surface area (Å²) in [7, 11) is 0. The van der Waals surface area contributed by atoms with Crippen molar-refractivity contribution in [2.75, 3.05) is 13.1 Å². The maximum atomic E-state index is 12.8. The van der Waals surface area contributed by atoms with E-state index in [-0.39, 0.29) is 11.8 Å². The Morgan fingerprint density at radius 1 is 1.22 bits per heavy atom. The van der Waals surface area contributed by atoms with Gasteiger partial charge in [0.15, 0.2) is 0 Å². The number of piperazine rings is 1. The standard InChI is InChI=1S/C17H14BrClN2O2/c18-13-6-4-11(5-7-13)17(23)21-9-8-20-16(22)15(21)12-2-1-3-14(19)10-12/h1-7,10,15H,8-9H2,(H,20,22). The number of hydrogen-bond donors (Lipinski definition) is 1. The fourth-order valence-electron chi connectivity index (χ4n) is 2.65. The van der Waals surface area contributed by atoms with Gasteiger partial charge in [-0.15, -0.1) is 0 Å². The minimum absolute atomic E-state index is 0.169. The van der Waals surface area contributed by atoms with Gasteiger partial charge in [0.2, 0.25) is 5.91 Å². The van der Waals surface area contributed by atoms with E-state index < -0.39 is 6.04 Å². The van der Waals surface area contributed by atoms with Crippen LogP contribution < -0.4 is 5.32 Å². The number of benzene rings is 2. The molecule has 2 aromatic carbocycles. The molecular formula is C17H14BrClN2O2. The van der Waals surface area contributed by atoms with Crippen molar-refractivity contribution in [3.63, 3.8) is 0 Å². The molecule has 118 valence electrons. The average molecular weight is 394 g/mol. The zero-order chi connectivity index (χ0) is 16.4. The van der Waals surface area contributed by atoms with Gasteiger partial charge in [-0.2, -0.15) is 0 Å². The molecule has 0 spiro atoms. The molecule has 4 nitrogen and oxygen atoms in total. The summed E-state index contributed by atoms with van der Waals surface area (Å²) in [4.78, 5) is 26.8. The van der Waals surface area contributed by atoms with Crippen LogP contribution in [0.25, 0.3) is 0 Å². The van der Waals surface area contributed by atoms with E-state index >= 15 is 0 Å². The fourth-order valence-corrected chi connectivity index (χ4v) is 3.12. The van der Waals surface area contributed by atoms with E-state index in [4.69, 9.17) is 11.6 Å². The second kappa shape index (κ2) is 6.72. The van der Waals surface area contributed by atoms with Crippen molar-refractivity contribution in [3.8, 4) is 0 Å². The molecule has 2 aromatic rings. The lowest BCUT2D eigenvalue weighted by molar-refractivity contribution is -0.128. The van der Waals surface area contributed by atoms with Crippen LogP contribution in [0, 0.1) is 0 Å². The van der Waals surface area contributed by atoms with Gasteiger partial charge in [-0.3, -0.25) is 9.59 Å². The van der Waals surface area contributed by atoms with Gasteiger partial charge >= 0.3 is 0 Å². The maximum absolute atomic E-state index is 12.8. The third-order valence-electron chi connectivity index (χ3n) is 3.73. The van der Waals surface area contributed by atoms with Crippen molar-refractivity contribution >= 4 is 39.3 Å². The number of amides is 2. The number of hydrogen-bond acceptors (Lipinski definition) is 2. The number of carbonyl (C=O) groups is 2. The third kappa shape index (κ3) is 3.41. The van der Waals surface area contributed by atoms with Crippen molar-refractivity contribution in [1.82, 2.24) is 10.2 Å². The highest BCUT2D eigenvalue weighted by Gasteiger charge is 2.34. The molecule has 1 heterocycles. The number of carbonyl (C=O) groups excluding carboxylic acids is 2. The van der Waals surface area contributed by atoms with Crippen LogP contribution in [-0.4, -0.2) is 29.8 Å². The van der Waals surface area contributed by atoms with Gasteiger partial charge in [0.05, 0.1) is 0 Å². The third-order valence-corrected chi connectivity index (χ3v) is 4.49. The van der Waals surface area contributed by atoms with Crippen molar-refractivity contribution in [2.45, 2.75) is 6.04 Å². The SMILES string of the molecule is O=C1NCCN(C(=O)c2ccc(Br)cc2)C1c1cccc(Cl)c1. The Labute approximate surface area is 147 Å². The second-order valence-corrected chi connectivity index (χ2v) is 6.61. The maximum Gasteiger partial charge on any atom is 0.254 e. The average Bonchev–Trinajstić information content (AvgIpc) is 2.54. The van der Waals surface area contributed by atoms with E-state index in [0.717, 1.165) is 4.47 Å². The van der Waals surface area contributed by atoms with Gasteiger partial charge in [-0.25, -0.2) is 0 Å². The van der Waals surface area contributed by atoms with Crippen LogP contribution in [-0.2, 0) is 4.79 Å². The molecule has 1 aliphatic rings. The predicted octanol–water partition coefficient (Wildman–Crippen LogP) is 3.42. The molecule has 1 atom stereocenters. The summed E-state index contributed by atoms with van der Waals surface area (Å²) in [5, 5.41) is 3.35. The normalized spacial score (nSPS) is 17.7. The van der Waals surface area contributed by atoms with Gasteiger partial charge in [-0.1, -0.05) is 39.7 Å². The molecule has 1 unspecified atom stereocenters. The lowest BCUT2D eigenvalue weighted by Crippen LogP contribution is -2.52. The number of halogens is 2. The number of nitrogens with zero attached hydrogens (tertiary/aromatic N) is 1. The summed E-state index contributed by atoms with van der Waals surface area (Å²) >= 11 is 9.39. The molecule has 1 N–H and O–H groups in total. The highest BCUT2D eigenvalue weighted by Crippen LogP contribution is 2.27. The van der Waals surface area contributed by atoms with Gasteiger partial charge < -0.3 is 10.2 Å². The summed E-state index contributed by atoms with van der Waals surface area (Å²) in [5.74, 6) is -0.360. The minimum atomic E-state index is -0.668. The van der Waals surface area contributed by atoms with Crippen LogP contribution in [0.4, 0.5) is 0 Å². The Hall–Kier alpha value is -1.85. The van der Waals surface area contributed by atoms with Gasteiger partial charge in [-0.05, 0) is 42.0 Å². The summed E-state index contributed by atoms with van der Waals surface area (Å²) in [6, 6.07) is 13.5. The molecule has 6 heteroatoms. The molecule has 2 amide bonds. The fraction of sp³-hybridized carbons (Fsp3) is 0.176. The van der Waals surface area contributed by atoms with E-state index in [2.05, 4.69) is 21.2 Å². The Morgan fingerprint density at radius 2 is 1.96 bits per heavy atom. The van der Waals surface area contributed by atoms with E-state index in [1.165, 1.54) is 0 Å². The van der Waals surface area contributed by atoms with Crippen molar-refractivity contribution in [2.24, 2.45) is 0 Å². The molecule has 1 saturated heterocycles. The first-order valence-corrected chi connectivity index (χ1v) is 8.33. The van der Waals surface area contributed by atoms with E-state index in [0.29, 0.717) is 29.2 Å². The van der Waals surface area contributed by atoms with Crippen LogP contribution >= 0.6 is 27.5 Å². The molecule has 3 rings (SSSR count). The summed E-state index contributed by atoms with van der Waals surface area (Å²) in [6.45, 7) is 0.899. The molecule has 0 radical (unpaired) electrons. The molecule has 23 heavy (non-hydrogen) atoms. The largest absolute Gasteiger partial charge is 0.352 e. The molecule has 0 aromatic heterocycles. The van der Waals surface area contributed by atoms with E-state index in [1.54, 1.807) is 35.2 Å². The lowest BCUT2D eigenvalue weighted by atomic mass is 10.0. The second-order valence-electron chi connectivity index (χ2n) is 5.25. The first-order chi connectivity index (χ1) is 11.1. The van der Waals surface area contributed by atoms with E-state index in [1.807, 2.05) is 18.2 Å². The smallest absolute Gasteiger partial charge is 0.254 e. The van der Waals surface area contributed by atoms with Gasteiger partial charge in [0, 0.05) is 28.1 Å². The predicted molar refractivity (Wildman–Crippen MR) is 92.4 cm³/mol. The lowest BCUT2D eigenvalue weighted by Gasteiger charge is -2.35. The van der Waals surface area contributed by atoms with Gasteiger partial charge in [0.25, 0.3) is 5.91 Å². The zero-order valence-corrected chi connectivity index (χ0v) is 14.5. The summed E-state index contributed by atoms with van der Waals surface area (Å²) < 4.78 is 0.900. The monoisotopic (exact) mass is 392 g/mol. The molecule has 0 saturated carbocycles. The van der Waals surface area contributed by atoms with Crippen LogP contribution in [0.5, 0.6) is 0 Å². The zero-order valence-electron chi connectivity index (χ0n) is 12.1. The molecule has 1 fully saturated rings. The van der Waals surface area contributed by atoms with Crippen molar-refractivity contribution in [3.05, 3.63) is 69.2 Å². The summed E-state index contributed by atoms with van der Waals surface area (Å²) in [6.07, 6.45) is 0. The van der Waals surface area contributed by atoms with Crippen molar-refractivity contribution < 1.29 is 9.59 Å². The highest BCUT2D eigenvalue weighted by atomic mass is 79.9. The minimum Gasteiger partial charge on any atom is -0.352 e. The topological polar surface area (TPSA) is 49.4 Å². The van der Waals surface area contributed by atoms with Crippen molar-refractivity contribution in [1.29, 1.82) is 0 Å². The summed E-state index contributed by atoms with van der Waals surface area (Å²) in [5.41, 5.74) is 1.26. The van der Waals surface area contributed by atoms with Crippen LogP contribution in [0.2, 0.25) is 5.02 Å². The molecule has 1 aliphatic heterocycles. The van der Waals surface area contributed by atoms with E-state index in [9.17, 15) is 9.59 Å². The Kier molecular flexibility index (Phi) is 4.68. The van der Waals surface area contributed by atoms with Crippen LogP contribution in [0.15, 0.2) is 53.0 Å². The van der Waals surface area contributed by atoms with Crippen LogP contribution in [0.1, 0.15) is 22.0 Å². The Morgan fingerprint density at radius 3 is 2.65 bits per heavy atom. The first-order valence-electron chi connectivity index (χ1n) is 7.16. The van der Waals surface area contributed by atoms with Gasteiger partial charge in [0.1, 0.15) is 6.04 Å². The van der Waals surface area contributed by atoms with Crippen LogP contribution in [0.3, 0.4) is 0 Å². The molecular weight excluding hydrogens is 380 g/mol. The number of rotatable bonds is 2. The first kappa shape index (κ1) is 16.0. The Balaban J connectivity index is 1.96. The molecule has 0 bridgehead atoms.